The Kier molecular flexibility index (Phi) is 4.15. The summed E-state index contributed by atoms with van der Waals surface area (Å²) in [6.07, 6.45) is 0. The lowest BCUT2D eigenvalue weighted by atomic mass is 10.1. The highest BCUT2D eigenvalue weighted by Gasteiger charge is 2.11. The lowest BCUT2D eigenvalue weighted by molar-refractivity contribution is 0.0686. The van der Waals surface area contributed by atoms with E-state index >= 15 is 0 Å². The molecule has 1 heterocycles. The van der Waals surface area contributed by atoms with Crippen LogP contribution in [0, 0.1) is 0 Å². The van der Waals surface area contributed by atoms with Crippen molar-refractivity contribution in [3.05, 3.63) is 36.0 Å². The summed E-state index contributed by atoms with van der Waals surface area (Å²) >= 11 is 0. The molecule has 19 heavy (non-hydrogen) atoms. The molecule has 100 valence electrons. The molecule has 0 aliphatic rings. The number of rotatable bonds is 6. The van der Waals surface area contributed by atoms with Gasteiger partial charge >= 0.3 is 5.97 Å². The third-order valence-electron chi connectivity index (χ3n) is 2.42. The van der Waals surface area contributed by atoms with Crippen LogP contribution in [0.25, 0.3) is 11.3 Å². The highest BCUT2D eigenvalue weighted by atomic mass is 16.5. The zero-order valence-corrected chi connectivity index (χ0v) is 10.3. The van der Waals surface area contributed by atoms with E-state index in [2.05, 4.69) is 5.16 Å². The van der Waals surface area contributed by atoms with E-state index in [1.54, 1.807) is 31.4 Å². The number of aromatic carboxylic acids is 1. The molecule has 6 heteroatoms. The summed E-state index contributed by atoms with van der Waals surface area (Å²) in [7, 11) is 1.61. The predicted molar refractivity (Wildman–Crippen MR) is 66.3 cm³/mol. The van der Waals surface area contributed by atoms with Crippen LogP contribution in [0.2, 0.25) is 0 Å². The van der Waals surface area contributed by atoms with Gasteiger partial charge in [0.25, 0.3) is 0 Å². The zero-order chi connectivity index (χ0) is 13.7. The molecule has 0 aliphatic heterocycles. The van der Waals surface area contributed by atoms with Crippen molar-refractivity contribution < 1.29 is 23.9 Å². The molecule has 0 aliphatic carbocycles. The second kappa shape index (κ2) is 6.01. The van der Waals surface area contributed by atoms with E-state index in [1.807, 2.05) is 0 Å². The largest absolute Gasteiger partial charge is 0.491 e. The molecule has 0 saturated heterocycles. The number of carboxylic acid groups (broad SMARTS) is 1. The van der Waals surface area contributed by atoms with Crippen LogP contribution < -0.4 is 4.74 Å². The summed E-state index contributed by atoms with van der Waals surface area (Å²) < 4.78 is 15.3. The minimum atomic E-state index is -1.12. The first-order chi connectivity index (χ1) is 9.20. The SMILES string of the molecule is COCCOc1ccc(-c2cc(C(=O)O)no2)cc1. The zero-order valence-electron chi connectivity index (χ0n) is 10.3. The second-order valence-corrected chi connectivity index (χ2v) is 3.75. The molecule has 2 aromatic rings. The van der Waals surface area contributed by atoms with Crippen LogP contribution in [0.5, 0.6) is 5.75 Å². The topological polar surface area (TPSA) is 81.8 Å². The predicted octanol–water partition coefficient (Wildman–Crippen LogP) is 2.07. The Morgan fingerprint density at radius 2 is 2.05 bits per heavy atom. The molecular weight excluding hydrogens is 250 g/mol. The Morgan fingerprint density at radius 1 is 1.32 bits per heavy atom. The van der Waals surface area contributed by atoms with Gasteiger partial charge in [-0.3, -0.25) is 0 Å². The van der Waals surface area contributed by atoms with Gasteiger partial charge < -0.3 is 19.1 Å². The summed E-state index contributed by atoms with van der Waals surface area (Å²) in [5.41, 5.74) is 0.620. The number of ether oxygens (including phenoxy) is 2. The van der Waals surface area contributed by atoms with E-state index in [0.29, 0.717) is 24.7 Å². The molecule has 6 nitrogen and oxygen atoms in total. The maximum atomic E-state index is 10.7. The van der Waals surface area contributed by atoms with Gasteiger partial charge in [0.15, 0.2) is 11.5 Å². The molecule has 0 fully saturated rings. The average Bonchev–Trinajstić information content (AvgIpc) is 2.90. The van der Waals surface area contributed by atoms with E-state index < -0.39 is 5.97 Å². The Labute approximate surface area is 109 Å². The Bertz CT molecular complexity index is 546. The lowest BCUT2D eigenvalue weighted by Gasteiger charge is -2.05. The van der Waals surface area contributed by atoms with Gasteiger partial charge in [-0.1, -0.05) is 5.16 Å². The van der Waals surface area contributed by atoms with Crippen molar-refractivity contribution in [1.82, 2.24) is 5.16 Å². The van der Waals surface area contributed by atoms with Crippen LogP contribution >= 0.6 is 0 Å². The smallest absolute Gasteiger partial charge is 0.358 e. The molecule has 0 saturated carbocycles. The molecule has 1 N–H and O–H groups in total. The van der Waals surface area contributed by atoms with E-state index in [-0.39, 0.29) is 5.69 Å². The standard InChI is InChI=1S/C13H13NO5/c1-17-6-7-18-10-4-2-9(3-5-10)12-8-11(13(15)16)14-19-12/h2-5,8H,6-7H2,1H3,(H,15,16). The van der Waals surface area contributed by atoms with Crippen molar-refractivity contribution in [1.29, 1.82) is 0 Å². The normalized spacial score (nSPS) is 10.4. The lowest BCUT2D eigenvalue weighted by Crippen LogP contribution is -2.03. The third kappa shape index (κ3) is 3.32. The van der Waals surface area contributed by atoms with Crippen molar-refractivity contribution in [3.63, 3.8) is 0 Å². The van der Waals surface area contributed by atoms with E-state index in [0.717, 1.165) is 5.56 Å². The van der Waals surface area contributed by atoms with Crippen molar-refractivity contribution in [2.75, 3.05) is 20.3 Å². The number of nitrogens with zero attached hydrogens (tertiary/aromatic N) is 1. The van der Waals surface area contributed by atoms with Gasteiger partial charge in [-0.05, 0) is 24.3 Å². The van der Waals surface area contributed by atoms with Crippen LogP contribution in [0.1, 0.15) is 10.5 Å². The monoisotopic (exact) mass is 263 g/mol. The van der Waals surface area contributed by atoms with Crippen molar-refractivity contribution in [2.24, 2.45) is 0 Å². The Balaban J connectivity index is 2.06. The molecule has 2 rings (SSSR count). The van der Waals surface area contributed by atoms with Crippen molar-refractivity contribution in [2.45, 2.75) is 0 Å². The number of aromatic nitrogens is 1. The first-order valence-corrected chi connectivity index (χ1v) is 5.63. The maximum absolute atomic E-state index is 10.7. The first kappa shape index (κ1) is 13.1. The fraction of sp³-hybridized carbons (Fsp3) is 0.231. The fourth-order valence-corrected chi connectivity index (χ4v) is 1.47. The molecule has 0 atom stereocenters. The van der Waals surface area contributed by atoms with Crippen LogP contribution in [0.3, 0.4) is 0 Å². The van der Waals surface area contributed by atoms with Gasteiger partial charge in [-0.15, -0.1) is 0 Å². The highest BCUT2D eigenvalue weighted by Crippen LogP contribution is 2.23. The van der Waals surface area contributed by atoms with Crippen molar-refractivity contribution in [3.8, 4) is 17.1 Å². The minimum absolute atomic E-state index is 0.115. The van der Waals surface area contributed by atoms with Gasteiger partial charge in [0.2, 0.25) is 0 Å². The Morgan fingerprint density at radius 3 is 2.63 bits per heavy atom. The van der Waals surface area contributed by atoms with Crippen LogP contribution in [0.15, 0.2) is 34.9 Å². The van der Waals surface area contributed by atoms with Gasteiger partial charge in [0.1, 0.15) is 12.4 Å². The summed E-state index contributed by atoms with van der Waals surface area (Å²) in [5, 5.41) is 12.2. The number of hydrogen-bond acceptors (Lipinski definition) is 5. The maximum Gasteiger partial charge on any atom is 0.358 e. The van der Waals surface area contributed by atoms with Gasteiger partial charge in [-0.2, -0.15) is 0 Å². The molecule has 1 aromatic heterocycles. The van der Waals surface area contributed by atoms with Crippen LogP contribution in [-0.2, 0) is 4.74 Å². The molecular formula is C13H13NO5. The average molecular weight is 263 g/mol. The van der Waals surface area contributed by atoms with Crippen molar-refractivity contribution >= 4 is 5.97 Å². The number of carboxylic acids is 1. The fourth-order valence-electron chi connectivity index (χ4n) is 1.47. The van der Waals surface area contributed by atoms with Gasteiger partial charge in [0.05, 0.1) is 6.61 Å². The van der Waals surface area contributed by atoms with Gasteiger partial charge in [-0.25, -0.2) is 4.79 Å². The number of methoxy groups -OCH3 is 1. The molecule has 0 bridgehead atoms. The summed E-state index contributed by atoms with van der Waals surface area (Å²) in [5.74, 6) is -0.00543. The molecule has 0 amide bonds. The highest BCUT2D eigenvalue weighted by molar-refractivity contribution is 5.86. The number of hydrogen-bond donors (Lipinski definition) is 1. The number of carbonyl (C=O) groups is 1. The molecule has 0 unspecified atom stereocenters. The molecule has 1 aromatic carbocycles. The summed E-state index contributed by atoms with van der Waals surface area (Å²) in [6, 6.07) is 8.47. The third-order valence-corrected chi connectivity index (χ3v) is 2.42. The van der Waals surface area contributed by atoms with Gasteiger partial charge in [0, 0.05) is 18.7 Å². The molecule has 0 spiro atoms. The van der Waals surface area contributed by atoms with E-state index in [4.69, 9.17) is 19.1 Å². The van der Waals surface area contributed by atoms with E-state index in [9.17, 15) is 4.79 Å². The summed E-state index contributed by atoms with van der Waals surface area (Å²) in [6.45, 7) is 0.993. The number of benzene rings is 1. The molecule has 0 radical (unpaired) electrons. The quantitative estimate of drug-likeness (QED) is 0.803. The van der Waals surface area contributed by atoms with E-state index in [1.165, 1.54) is 6.07 Å². The second-order valence-electron chi connectivity index (χ2n) is 3.75. The summed E-state index contributed by atoms with van der Waals surface area (Å²) in [4.78, 5) is 10.7. The minimum Gasteiger partial charge on any atom is -0.491 e. The Hall–Kier alpha value is -2.34. The van der Waals surface area contributed by atoms with Crippen LogP contribution in [-0.4, -0.2) is 36.6 Å². The first-order valence-electron chi connectivity index (χ1n) is 5.63. The van der Waals surface area contributed by atoms with Crippen LogP contribution in [0.4, 0.5) is 0 Å².